The summed E-state index contributed by atoms with van der Waals surface area (Å²) in [7, 11) is 4.13. The van der Waals surface area contributed by atoms with E-state index in [9.17, 15) is 0 Å². The number of hydrogen-bond donors (Lipinski definition) is 0. The van der Waals surface area contributed by atoms with Gasteiger partial charge in [0.05, 0.1) is 5.03 Å². The van der Waals surface area contributed by atoms with Gasteiger partial charge in [0.1, 0.15) is 5.75 Å². The maximum absolute atomic E-state index is 7.11. The van der Waals surface area contributed by atoms with E-state index in [-0.39, 0.29) is 5.92 Å². The van der Waals surface area contributed by atoms with Crippen molar-refractivity contribution in [3.8, 4) is 5.75 Å². The van der Waals surface area contributed by atoms with Crippen LogP contribution in [0.5, 0.6) is 5.75 Å². The number of ether oxygens (including phenoxy) is 1. The van der Waals surface area contributed by atoms with Crippen molar-refractivity contribution in [1.82, 2.24) is 4.90 Å². The molecule has 0 aromatic heterocycles. The first-order valence-electron chi connectivity index (χ1n) is 10.2. The maximum atomic E-state index is 7.11. The van der Waals surface area contributed by atoms with Gasteiger partial charge in [-0.2, -0.15) is 0 Å². The summed E-state index contributed by atoms with van der Waals surface area (Å²) in [4.78, 5) is 2.14. The highest BCUT2D eigenvalue weighted by molar-refractivity contribution is 6.35. The lowest BCUT2D eigenvalue weighted by Crippen LogP contribution is -2.13. The first kappa shape index (κ1) is 20.5. The summed E-state index contributed by atoms with van der Waals surface area (Å²) in [5.74, 6) is 1.54. The molecule has 0 N–H and O–H groups in total. The van der Waals surface area contributed by atoms with Crippen LogP contribution >= 0.6 is 11.6 Å². The third kappa shape index (κ3) is 4.21. The van der Waals surface area contributed by atoms with Gasteiger partial charge in [0.25, 0.3) is 0 Å². The summed E-state index contributed by atoms with van der Waals surface area (Å²) >= 11 is 7.11. The average molecular weight is 416 g/mol. The molecule has 152 valence electrons. The van der Waals surface area contributed by atoms with Crippen molar-refractivity contribution in [2.24, 2.45) is 0 Å². The number of para-hydroxylation sites is 1. The van der Waals surface area contributed by atoms with Crippen LogP contribution in [0.15, 0.2) is 95.5 Å². The van der Waals surface area contributed by atoms with E-state index in [0.717, 1.165) is 29.0 Å². The quantitative estimate of drug-likeness (QED) is 0.475. The highest BCUT2D eigenvalue weighted by Gasteiger charge is 2.30. The zero-order valence-electron chi connectivity index (χ0n) is 17.6. The second kappa shape index (κ2) is 8.91. The largest absolute Gasteiger partial charge is 0.455 e. The van der Waals surface area contributed by atoms with E-state index in [1.54, 1.807) is 0 Å². The van der Waals surface area contributed by atoms with Crippen LogP contribution in [-0.2, 0) is 0 Å². The van der Waals surface area contributed by atoms with E-state index in [0.29, 0.717) is 10.8 Å². The number of fused-ring (bicyclic) bond motifs is 1. The molecule has 0 bridgehead atoms. The second-order valence-electron chi connectivity index (χ2n) is 7.91. The Morgan fingerprint density at radius 2 is 1.57 bits per heavy atom. The molecule has 1 aliphatic heterocycles. The second-order valence-corrected chi connectivity index (χ2v) is 8.29. The third-order valence-electron chi connectivity index (χ3n) is 5.33. The van der Waals surface area contributed by atoms with Gasteiger partial charge < -0.3 is 9.64 Å². The topological polar surface area (TPSA) is 12.5 Å². The Hall–Kier alpha value is -2.81. The molecule has 0 saturated carbocycles. The van der Waals surface area contributed by atoms with Crippen LogP contribution in [0.3, 0.4) is 0 Å². The molecule has 0 fully saturated rings. The van der Waals surface area contributed by atoms with Gasteiger partial charge in [0, 0.05) is 23.6 Å². The number of halogens is 1. The van der Waals surface area contributed by atoms with Gasteiger partial charge in [-0.05, 0) is 38.2 Å². The van der Waals surface area contributed by atoms with Crippen LogP contribution in [0.4, 0.5) is 0 Å². The van der Waals surface area contributed by atoms with Gasteiger partial charge in [-0.15, -0.1) is 0 Å². The first-order valence-corrected chi connectivity index (χ1v) is 10.6. The minimum Gasteiger partial charge on any atom is -0.455 e. The van der Waals surface area contributed by atoms with Crippen LogP contribution in [0.1, 0.15) is 28.2 Å². The Balaban J connectivity index is 1.97. The molecule has 4 rings (SSSR count). The summed E-state index contributed by atoms with van der Waals surface area (Å²) in [6.07, 6.45) is 2.22. The Bertz CT molecular complexity index is 1080. The summed E-state index contributed by atoms with van der Waals surface area (Å²) in [6, 6.07) is 27.1. The number of nitrogens with zero attached hydrogens (tertiary/aromatic N) is 1. The Kier molecular flexibility index (Phi) is 6.08. The lowest BCUT2D eigenvalue weighted by molar-refractivity contribution is 0.455. The number of allylic oxidation sites excluding steroid dienone is 2. The molecule has 2 nitrogen and oxygen atoms in total. The average Bonchev–Trinajstić information content (AvgIpc) is 2.88. The minimum atomic E-state index is -0.00204. The number of rotatable bonds is 4. The lowest BCUT2D eigenvalue weighted by atomic mass is 9.84. The molecule has 3 heteroatoms. The van der Waals surface area contributed by atoms with Crippen molar-refractivity contribution in [2.75, 3.05) is 20.6 Å². The molecule has 0 saturated heterocycles. The molecule has 1 heterocycles. The van der Waals surface area contributed by atoms with Crippen molar-refractivity contribution < 1.29 is 4.74 Å². The van der Waals surface area contributed by atoms with Gasteiger partial charge in [-0.3, -0.25) is 0 Å². The number of aryl methyl sites for hydroxylation is 1. The van der Waals surface area contributed by atoms with Crippen molar-refractivity contribution in [2.45, 2.75) is 12.8 Å². The Labute approximate surface area is 184 Å². The van der Waals surface area contributed by atoms with Gasteiger partial charge in [-0.25, -0.2) is 0 Å². The molecule has 3 aromatic carbocycles. The number of benzene rings is 3. The van der Waals surface area contributed by atoms with Gasteiger partial charge >= 0.3 is 0 Å². The Morgan fingerprint density at radius 3 is 2.27 bits per heavy atom. The minimum absolute atomic E-state index is 0.00204. The summed E-state index contributed by atoms with van der Waals surface area (Å²) in [6.45, 7) is 2.87. The molecule has 3 aromatic rings. The highest BCUT2D eigenvalue weighted by atomic mass is 35.5. The maximum Gasteiger partial charge on any atom is 0.153 e. The smallest absolute Gasteiger partial charge is 0.153 e. The van der Waals surface area contributed by atoms with E-state index in [2.05, 4.69) is 92.7 Å². The molecule has 0 radical (unpaired) electrons. The van der Waals surface area contributed by atoms with Crippen LogP contribution in [-0.4, -0.2) is 25.5 Å². The standard InChI is InChI=1S/C27H26ClNO/c1-19-13-15-21(16-14-19)27-26(28)23(17-18-29(2)3)25(20-9-5-4-6-10-20)22-11-7-8-12-24(22)30-27/h4-17,25H,18H2,1-3H3/b23-17-/t25-/m1/s1. The molecular formula is C27H26ClNO. The van der Waals surface area contributed by atoms with E-state index in [1.807, 2.05) is 18.2 Å². The van der Waals surface area contributed by atoms with Crippen LogP contribution in [0.2, 0.25) is 0 Å². The monoisotopic (exact) mass is 415 g/mol. The van der Waals surface area contributed by atoms with Gasteiger partial charge in [0.15, 0.2) is 5.76 Å². The van der Waals surface area contributed by atoms with Gasteiger partial charge in [-0.1, -0.05) is 96.0 Å². The molecule has 0 spiro atoms. The zero-order valence-corrected chi connectivity index (χ0v) is 18.4. The predicted molar refractivity (Wildman–Crippen MR) is 126 cm³/mol. The molecule has 1 atom stereocenters. The van der Waals surface area contributed by atoms with Crippen LogP contribution in [0.25, 0.3) is 5.76 Å². The molecule has 30 heavy (non-hydrogen) atoms. The Morgan fingerprint density at radius 1 is 0.900 bits per heavy atom. The fourth-order valence-corrected chi connectivity index (χ4v) is 4.11. The lowest BCUT2D eigenvalue weighted by Gasteiger charge is -2.21. The van der Waals surface area contributed by atoms with Crippen molar-refractivity contribution in [3.63, 3.8) is 0 Å². The summed E-state index contributed by atoms with van der Waals surface area (Å²) in [5.41, 5.74) is 5.56. The van der Waals surface area contributed by atoms with E-state index < -0.39 is 0 Å². The zero-order chi connectivity index (χ0) is 21.1. The van der Waals surface area contributed by atoms with Crippen LogP contribution in [0, 0.1) is 6.92 Å². The van der Waals surface area contributed by atoms with Gasteiger partial charge in [0.2, 0.25) is 0 Å². The van der Waals surface area contributed by atoms with Crippen molar-refractivity contribution in [3.05, 3.63) is 118 Å². The third-order valence-corrected chi connectivity index (χ3v) is 5.72. The predicted octanol–water partition coefficient (Wildman–Crippen LogP) is 6.61. The molecule has 0 amide bonds. The van der Waals surface area contributed by atoms with E-state index >= 15 is 0 Å². The number of likely N-dealkylation sites (N-methyl/N-ethyl adjacent to an activating group) is 1. The summed E-state index contributed by atoms with van der Waals surface area (Å²) in [5, 5.41) is 0.658. The molecule has 0 aliphatic carbocycles. The molecule has 1 aliphatic rings. The fraction of sp³-hybridized carbons (Fsp3) is 0.185. The first-order chi connectivity index (χ1) is 14.5. The molecule has 0 unspecified atom stereocenters. The van der Waals surface area contributed by atoms with Crippen LogP contribution < -0.4 is 4.74 Å². The fourth-order valence-electron chi connectivity index (χ4n) is 3.78. The SMILES string of the molecule is Cc1ccc(C2=C(Cl)/C(=C\CN(C)C)[C@H](c3ccccc3)c3ccccc3O2)cc1. The van der Waals surface area contributed by atoms with E-state index in [1.165, 1.54) is 11.1 Å². The number of hydrogen-bond acceptors (Lipinski definition) is 2. The molecular weight excluding hydrogens is 390 g/mol. The normalized spacial score (nSPS) is 17.6. The van der Waals surface area contributed by atoms with E-state index in [4.69, 9.17) is 16.3 Å². The van der Waals surface area contributed by atoms with Crippen molar-refractivity contribution in [1.29, 1.82) is 0 Å². The highest BCUT2D eigenvalue weighted by Crippen LogP contribution is 2.47. The van der Waals surface area contributed by atoms with Crippen molar-refractivity contribution >= 4 is 17.4 Å². The summed E-state index contributed by atoms with van der Waals surface area (Å²) < 4.78 is 6.48.